The highest BCUT2D eigenvalue weighted by atomic mass is 19.1. The number of benzene rings is 1. The lowest BCUT2D eigenvalue weighted by molar-refractivity contribution is -0.176. The maximum absolute atomic E-state index is 13.4. The molecule has 4 rings (SSSR count). The van der Waals surface area contributed by atoms with Crippen molar-refractivity contribution in [3.63, 3.8) is 0 Å². The summed E-state index contributed by atoms with van der Waals surface area (Å²) in [6.45, 7) is 1.40. The lowest BCUT2D eigenvalue weighted by Crippen LogP contribution is -2.70. The van der Waals surface area contributed by atoms with Crippen molar-refractivity contribution in [2.24, 2.45) is 11.3 Å². The molecule has 3 atom stereocenters. The van der Waals surface area contributed by atoms with Crippen LogP contribution < -0.4 is 5.32 Å². The molecule has 3 fully saturated rings. The molecule has 0 bridgehead atoms. The van der Waals surface area contributed by atoms with E-state index >= 15 is 0 Å². The first kappa shape index (κ1) is 13.7. The lowest BCUT2D eigenvalue weighted by Gasteiger charge is -2.63. The zero-order chi connectivity index (χ0) is 14.4. The molecule has 2 aliphatic carbocycles. The maximum atomic E-state index is 13.4. The standard InChI is InChI=1S/C17H22FNO2/c18-14-3-2-11(8-12(14)10-20)9-19-15-13-4-7-21-16(13)17(15)5-1-6-17/h2-3,8,13,15-16,19-20H,1,4-7,9-10H2/t13-,15-,16+/m1/s1. The third-order valence-electron chi connectivity index (χ3n) is 5.84. The molecule has 21 heavy (non-hydrogen) atoms. The van der Waals surface area contributed by atoms with Crippen molar-refractivity contribution >= 4 is 0 Å². The highest BCUT2D eigenvalue weighted by molar-refractivity contribution is 5.25. The minimum Gasteiger partial charge on any atom is -0.392 e. The van der Waals surface area contributed by atoms with Crippen LogP contribution in [0.5, 0.6) is 0 Å². The van der Waals surface area contributed by atoms with Crippen LogP contribution in [-0.2, 0) is 17.9 Å². The van der Waals surface area contributed by atoms with E-state index < -0.39 is 0 Å². The zero-order valence-corrected chi connectivity index (χ0v) is 12.1. The number of rotatable bonds is 4. The van der Waals surface area contributed by atoms with Crippen LogP contribution in [0.2, 0.25) is 0 Å². The van der Waals surface area contributed by atoms with E-state index in [-0.39, 0.29) is 12.4 Å². The normalized spacial score (nSPS) is 32.6. The van der Waals surface area contributed by atoms with Crippen LogP contribution in [0.15, 0.2) is 18.2 Å². The number of aliphatic hydroxyl groups is 1. The molecule has 0 radical (unpaired) electrons. The second-order valence-corrected chi connectivity index (χ2v) is 6.77. The predicted molar refractivity (Wildman–Crippen MR) is 77.1 cm³/mol. The molecule has 1 aliphatic heterocycles. The van der Waals surface area contributed by atoms with Gasteiger partial charge in [-0.25, -0.2) is 4.39 Å². The number of hydrogen-bond donors (Lipinski definition) is 2. The molecular weight excluding hydrogens is 269 g/mol. The van der Waals surface area contributed by atoms with E-state index in [2.05, 4.69) is 5.32 Å². The molecule has 1 heterocycles. The summed E-state index contributed by atoms with van der Waals surface area (Å²) in [5.74, 6) is 0.327. The molecule has 114 valence electrons. The smallest absolute Gasteiger partial charge is 0.128 e. The Kier molecular flexibility index (Phi) is 3.28. The summed E-state index contributed by atoms with van der Waals surface area (Å²) in [4.78, 5) is 0. The van der Waals surface area contributed by atoms with E-state index in [4.69, 9.17) is 9.84 Å². The first-order valence-electron chi connectivity index (χ1n) is 7.98. The van der Waals surface area contributed by atoms with E-state index in [1.807, 2.05) is 0 Å². The first-order valence-corrected chi connectivity index (χ1v) is 7.98. The number of nitrogens with one attached hydrogen (secondary N) is 1. The fraction of sp³-hybridized carbons (Fsp3) is 0.647. The van der Waals surface area contributed by atoms with Crippen molar-refractivity contribution in [2.75, 3.05) is 6.61 Å². The lowest BCUT2D eigenvalue weighted by atomic mass is 9.46. The van der Waals surface area contributed by atoms with E-state index in [0.29, 0.717) is 29.0 Å². The van der Waals surface area contributed by atoms with Crippen molar-refractivity contribution in [3.05, 3.63) is 35.1 Å². The fourth-order valence-electron chi connectivity index (χ4n) is 4.65. The van der Waals surface area contributed by atoms with Crippen molar-refractivity contribution < 1.29 is 14.2 Å². The molecule has 3 aliphatic rings. The minimum atomic E-state index is -0.329. The van der Waals surface area contributed by atoms with E-state index in [0.717, 1.165) is 25.1 Å². The second-order valence-electron chi connectivity index (χ2n) is 6.77. The van der Waals surface area contributed by atoms with Gasteiger partial charge in [-0.1, -0.05) is 12.5 Å². The van der Waals surface area contributed by atoms with Gasteiger partial charge in [-0.3, -0.25) is 0 Å². The number of ether oxygens (including phenoxy) is 1. The SMILES string of the molecule is OCc1cc(CN[C@@H]2[C@H]3CCO[C@@H]3C23CCC3)ccc1F. The van der Waals surface area contributed by atoms with Crippen LogP contribution in [0.25, 0.3) is 0 Å². The van der Waals surface area contributed by atoms with Crippen molar-refractivity contribution in [2.45, 2.75) is 51.0 Å². The Labute approximate surface area is 124 Å². The molecule has 4 heteroatoms. The van der Waals surface area contributed by atoms with Crippen LogP contribution >= 0.6 is 0 Å². The van der Waals surface area contributed by atoms with Gasteiger partial charge < -0.3 is 15.2 Å². The molecule has 1 spiro atoms. The summed E-state index contributed by atoms with van der Waals surface area (Å²) >= 11 is 0. The summed E-state index contributed by atoms with van der Waals surface area (Å²) in [6.07, 6.45) is 5.50. The fourth-order valence-corrected chi connectivity index (χ4v) is 4.65. The second kappa shape index (κ2) is 5.04. The van der Waals surface area contributed by atoms with E-state index in [1.165, 1.54) is 25.3 Å². The van der Waals surface area contributed by atoms with E-state index in [9.17, 15) is 4.39 Å². The van der Waals surface area contributed by atoms with Crippen LogP contribution in [-0.4, -0.2) is 23.9 Å². The Hall–Kier alpha value is -0.970. The third-order valence-corrected chi connectivity index (χ3v) is 5.84. The van der Waals surface area contributed by atoms with Gasteiger partial charge in [0.2, 0.25) is 0 Å². The Bertz CT molecular complexity index is 544. The van der Waals surface area contributed by atoms with Crippen LogP contribution in [0, 0.1) is 17.2 Å². The summed E-state index contributed by atoms with van der Waals surface area (Å²) in [6, 6.07) is 5.55. The van der Waals surface area contributed by atoms with Gasteiger partial charge >= 0.3 is 0 Å². The highest BCUT2D eigenvalue weighted by Crippen LogP contribution is 2.62. The largest absolute Gasteiger partial charge is 0.392 e. The van der Waals surface area contributed by atoms with Gasteiger partial charge in [-0.2, -0.15) is 0 Å². The molecular formula is C17H22FNO2. The average molecular weight is 291 g/mol. The van der Waals surface area contributed by atoms with Crippen molar-refractivity contribution in [1.29, 1.82) is 0 Å². The Morgan fingerprint density at radius 1 is 1.38 bits per heavy atom. The maximum Gasteiger partial charge on any atom is 0.128 e. The predicted octanol–water partition coefficient (Wildman–Crippen LogP) is 2.37. The molecule has 0 amide bonds. The quantitative estimate of drug-likeness (QED) is 0.895. The van der Waals surface area contributed by atoms with Crippen molar-refractivity contribution in [1.82, 2.24) is 5.32 Å². The summed E-state index contributed by atoms with van der Waals surface area (Å²) in [5.41, 5.74) is 1.79. The van der Waals surface area contributed by atoms with Crippen LogP contribution in [0.3, 0.4) is 0 Å². The van der Waals surface area contributed by atoms with E-state index in [1.54, 1.807) is 12.1 Å². The summed E-state index contributed by atoms with van der Waals surface area (Å²) in [7, 11) is 0. The molecule has 1 aromatic carbocycles. The summed E-state index contributed by atoms with van der Waals surface area (Å²) in [5, 5.41) is 12.8. The first-order chi connectivity index (χ1) is 10.2. The van der Waals surface area contributed by atoms with Gasteiger partial charge in [0.1, 0.15) is 5.82 Å². The number of fused-ring (bicyclic) bond motifs is 2. The Morgan fingerprint density at radius 3 is 2.95 bits per heavy atom. The van der Waals surface area contributed by atoms with Crippen molar-refractivity contribution in [3.8, 4) is 0 Å². The molecule has 0 unspecified atom stereocenters. The molecule has 3 nitrogen and oxygen atoms in total. The highest BCUT2D eigenvalue weighted by Gasteiger charge is 2.66. The number of hydrogen-bond acceptors (Lipinski definition) is 3. The summed E-state index contributed by atoms with van der Waals surface area (Å²) < 4.78 is 19.3. The van der Waals surface area contributed by atoms with Crippen LogP contribution in [0.4, 0.5) is 4.39 Å². The number of aliphatic hydroxyl groups excluding tert-OH is 1. The third kappa shape index (κ3) is 1.96. The molecule has 2 N–H and O–H groups in total. The average Bonchev–Trinajstić information content (AvgIpc) is 2.84. The zero-order valence-electron chi connectivity index (χ0n) is 12.1. The van der Waals surface area contributed by atoms with Gasteiger partial charge in [0, 0.05) is 36.1 Å². The Morgan fingerprint density at radius 2 is 2.24 bits per heavy atom. The minimum absolute atomic E-state index is 0.244. The molecule has 2 saturated carbocycles. The van der Waals surface area contributed by atoms with Gasteiger partial charge in [0.05, 0.1) is 12.7 Å². The monoisotopic (exact) mass is 291 g/mol. The van der Waals surface area contributed by atoms with Crippen LogP contribution in [0.1, 0.15) is 36.8 Å². The molecule has 1 saturated heterocycles. The topological polar surface area (TPSA) is 41.5 Å². The Balaban J connectivity index is 1.45. The van der Waals surface area contributed by atoms with Gasteiger partial charge in [0.25, 0.3) is 0 Å². The van der Waals surface area contributed by atoms with Gasteiger partial charge in [-0.15, -0.1) is 0 Å². The number of halogens is 1. The van der Waals surface area contributed by atoms with Gasteiger partial charge in [0.15, 0.2) is 0 Å². The molecule has 0 aromatic heterocycles. The molecule has 1 aromatic rings. The van der Waals surface area contributed by atoms with Gasteiger partial charge in [-0.05, 0) is 37.0 Å².